The van der Waals surface area contributed by atoms with Gasteiger partial charge in [0.15, 0.2) is 0 Å². The number of fused-ring (bicyclic) bond motifs is 3. The Morgan fingerprint density at radius 2 is 0.393 bits per heavy atom. The highest BCUT2D eigenvalue weighted by Crippen LogP contribution is 2.24. The molecule has 0 fully saturated rings. The fourth-order valence-corrected chi connectivity index (χ4v) is 9.41. The summed E-state index contributed by atoms with van der Waals surface area (Å²) < 4.78 is 0. The van der Waals surface area contributed by atoms with Crippen LogP contribution in [0.1, 0.15) is 100 Å². The molecule has 430 valence electrons. The molecule has 84 heavy (non-hydrogen) atoms. The third-order valence-electron chi connectivity index (χ3n) is 15.2. The van der Waals surface area contributed by atoms with Crippen molar-refractivity contribution in [2.75, 3.05) is 0 Å². The van der Waals surface area contributed by atoms with Gasteiger partial charge in [0.05, 0.1) is 0 Å². The van der Waals surface area contributed by atoms with Gasteiger partial charge in [-0.1, -0.05) is 287 Å². The number of hydrogen-bond donors (Lipinski definition) is 0. The van der Waals surface area contributed by atoms with Gasteiger partial charge in [-0.2, -0.15) is 0 Å². The fourth-order valence-electron chi connectivity index (χ4n) is 9.41. The van der Waals surface area contributed by atoms with Crippen LogP contribution in [0.5, 0.6) is 0 Å². The largest absolute Gasteiger partial charge is 0.0620 e. The van der Waals surface area contributed by atoms with E-state index < -0.39 is 0 Å². The summed E-state index contributed by atoms with van der Waals surface area (Å²) in [7, 11) is 0. The molecule has 0 saturated carbocycles. The molecule has 0 spiro atoms. The Balaban J connectivity index is 0.000000177. The lowest BCUT2D eigenvalue weighted by atomic mass is 10.0. The predicted octanol–water partition coefficient (Wildman–Crippen LogP) is 24.2. The van der Waals surface area contributed by atoms with Gasteiger partial charge in [0.25, 0.3) is 0 Å². The molecule has 0 heteroatoms. The van der Waals surface area contributed by atoms with Crippen LogP contribution in [-0.4, -0.2) is 0 Å². The van der Waals surface area contributed by atoms with Crippen LogP contribution < -0.4 is 0 Å². The molecule has 0 atom stereocenters. The molecule has 0 aliphatic heterocycles. The lowest BCUT2D eigenvalue weighted by Gasteiger charge is -2.04. The average molecular weight is 1100 g/mol. The highest BCUT2D eigenvalue weighted by Gasteiger charge is 2.00. The van der Waals surface area contributed by atoms with Crippen molar-refractivity contribution in [1.29, 1.82) is 0 Å². The van der Waals surface area contributed by atoms with Crippen LogP contribution >= 0.6 is 0 Å². The zero-order valence-electron chi connectivity index (χ0n) is 54.1. The minimum absolute atomic E-state index is 1.29. The Hall–Kier alpha value is -8.58. The fraction of sp³-hybridized carbons (Fsp3) is 0.214. The summed E-state index contributed by atoms with van der Waals surface area (Å²) in [5.74, 6) is 0. The van der Waals surface area contributed by atoms with Crippen LogP contribution in [-0.2, 0) is 0 Å². The number of rotatable bonds is 1. The Kier molecular flexibility index (Phi) is 26.4. The normalized spacial score (nSPS) is 10.0. The Morgan fingerprint density at radius 3 is 0.702 bits per heavy atom. The molecule has 0 radical (unpaired) electrons. The van der Waals surface area contributed by atoms with E-state index in [-0.39, 0.29) is 0 Å². The SMILES string of the molecule is Cc1cc(C)c(C)cc1C.Cc1ccc(-c2ccc(C)cc2)cc1.Cc1ccc(C)c2ccccc12.Cc1ccc(C)cc1.Cc1ccc2ccc(C)cc2c1.Cc1cccc(C)c1.Cc1cccc2c(C)cccc12.Cc1ccccc1C. The second-order valence-corrected chi connectivity index (χ2v) is 23.0. The van der Waals surface area contributed by atoms with Crippen LogP contribution in [0.2, 0.25) is 0 Å². The first-order valence-corrected chi connectivity index (χ1v) is 29.7. The molecule has 0 nitrogen and oxygen atoms in total. The van der Waals surface area contributed by atoms with Crippen molar-refractivity contribution >= 4 is 32.3 Å². The zero-order valence-corrected chi connectivity index (χ0v) is 54.1. The van der Waals surface area contributed by atoms with E-state index in [2.05, 4.69) is 367 Å². The topological polar surface area (TPSA) is 0 Å². The highest BCUT2D eigenvalue weighted by atomic mass is 14.1. The number of benzene rings is 12. The molecule has 0 N–H and O–H groups in total. The molecule has 0 aliphatic rings. The van der Waals surface area contributed by atoms with Crippen molar-refractivity contribution in [1.82, 2.24) is 0 Å². The Morgan fingerprint density at radius 1 is 0.143 bits per heavy atom. The van der Waals surface area contributed by atoms with Gasteiger partial charge >= 0.3 is 0 Å². The number of aryl methyl sites for hydroxylation is 18. The second kappa shape index (κ2) is 33.5. The first-order chi connectivity index (χ1) is 40.1. The molecular formula is C84H94. The third kappa shape index (κ3) is 22.0. The van der Waals surface area contributed by atoms with Crippen molar-refractivity contribution in [3.05, 3.63) is 343 Å². The van der Waals surface area contributed by atoms with Crippen LogP contribution in [0.4, 0.5) is 0 Å². The van der Waals surface area contributed by atoms with Crippen molar-refractivity contribution in [3.63, 3.8) is 0 Å². The molecule has 0 aliphatic carbocycles. The maximum absolute atomic E-state index is 2.24. The molecule has 0 bridgehead atoms. The van der Waals surface area contributed by atoms with Crippen molar-refractivity contribution in [2.24, 2.45) is 0 Å². The summed E-state index contributed by atoms with van der Waals surface area (Å²) in [5.41, 5.74) is 26.9. The van der Waals surface area contributed by atoms with E-state index in [1.54, 1.807) is 0 Å². The molecule has 12 aromatic carbocycles. The van der Waals surface area contributed by atoms with E-state index in [0.717, 1.165) is 0 Å². The summed E-state index contributed by atoms with van der Waals surface area (Å²) in [6.07, 6.45) is 0. The third-order valence-corrected chi connectivity index (χ3v) is 15.2. The maximum Gasteiger partial charge on any atom is -0.0152 e. The van der Waals surface area contributed by atoms with Crippen LogP contribution in [0, 0.1) is 125 Å². The van der Waals surface area contributed by atoms with Gasteiger partial charge in [0, 0.05) is 0 Å². The highest BCUT2D eigenvalue weighted by molar-refractivity contribution is 5.89. The summed E-state index contributed by atoms with van der Waals surface area (Å²) in [6, 6.07) is 85.9. The second-order valence-electron chi connectivity index (χ2n) is 23.0. The van der Waals surface area contributed by atoms with Crippen molar-refractivity contribution in [3.8, 4) is 11.1 Å². The first kappa shape index (κ1) is 66.2. The molecule has 0 saturated heterocycles. The van der Waals surface area contributed by atoms with Gasteiger partial charge in [-0.3, -0.25) is 0 Å². The van der Waals surface area contributed by atoms with E-state index in [4.69, 9.17) is 0 Å². The quantitative estimate of drug-likeness (QED) is 0.154. The van der Waals surface area contributed by atoms with E-state index in [9.17, 15) is 0 Å². The van der Waals surface area contributed by atoms with E-state index in [0.29, 0.717) is 0 Å². The van der Waals surface area contributed by atoms with Gasteiger partial charge in [0.2, 0.25) is 0 Å². The summed E-state index contributed by atoms with van der Waals surface area (Å²) >= 11 is 0. The predicted molar refractivity (Wildman–Crippen MR) is 375 cm³/mol. The molecular weight excluding hydrogens is 1010 g/mol. The van der Waals surface area contributed by atoms with E-state index in [1.165, 1.54) is 144 Å². The number of hydrogen-bond acceptors (Lipinski definition) is 0. The Bertz CT molecular complexity index is 3630. The molecule has 12 rings (SSSR count). The molecule has 0 amide bonds. The first-order valence-electron chi connectivity index (χ1n) is 29.7. The van der Waals surface area contributed by atoms with Gasteiger partial charge in [-0.25, -0.2) is 0 Å². The van der Waals surface area contributed by atoms with E-state index >= 15 is 0 Å². The molecule has 0 heterocycles. The van der Waals surface area contributed by atoms with Gasteiger partial charge in [0.1, 0.15) is 0 Å². The van der Waals surface area contributed by atoms with Gasteiger partial charge in [-0.15, -0.1) is 0 Å². The molecule has 0 aromatic heterocycles. The summed E-state index contributed by atoms with van der Waals surface area (Å²) in [5, 5.41) is 8.16. The van der Waals surface area contributed by atoms with Crippen LogP contribution in [0.25, 0.3) is 43.4 Å². The standard InChI is InChI=1S/C14H14.3C12H12.C10H14.3C8H10/c1-11-3-7-13(8-4-11)14-9-5-12(2)6-10-14;1-9-3-5-11-6-4-10(2)8-12(11)7-9;1-9-5-3-8-12-10(2)6-4-7-11(9)12;1-9-7-8-10(2)12-6-4-3-5-11(9)12;1-7-5-9(3)10(4)6-8(7)2;1-7-3-5-8(2)6-4-7;1-7-4-3-5-8(2)6-7;1-7-5-3-4-6-8(7)2/h3-10H,1-2H3;3*3-8H,1-2H3;5-6H,1-4H3;3*3-6H,1-2H3. The summed E-state index contributed by atoms with van der Waals surface area (Å²) in [6.45, 7) is 38.4. The average Bonchev–Trinajstić information content (AvgIpc) is 3.61. The van der Waals surface area contributed by atoms with Gasteiger partial charge < -0.3 is 0 Å². The maximum atomic E-state index is 2.24. The van der Waals surface area contributed by atoms with Crippen LogP contribution in [0.3, 0.4) is 0 Å². The zero-order chi connectivity index (χ0) is 61.3. The Labute approximate surface area is 508 Å². The lowest BCUT2D eigenvalue weighted by Crippen LogP contribution is -1.86. The van der Waals surface area contributed by atoms with E-state index in [1.807, 2.05) is 0 Å². The van der Waals surface area contributed by atoms with Crippen LogP contribution in [0.15, 0.2) is 243 Å². The van der Waals surface area contributed by atoms with Gasteiger partial charge in [-0.05, 0) is 224 Å². The monoisotopic (exact) mass is 1100 g/mol. The molecule has 12 aromatic rings. The molecule has 0 unspecified atom stereocenters. The minimum atomic E-state index is 1.29. The smallest absolute Gasteiger partial charge is 0.0152 e. The van der Waals surface area contributed by atoms with Crippen molar-refractivity contribution in [2.45, 2.75) is 125 Å². The lowest BCUT2D eigenvalue weighted by molar-refractivity contribution is 1.24. The van der Waals surface area contributed by atoms with Crippen molar-refractivity contribution < 1.29 is 0 Å². The summed E-state index contributed by atoms with van der Waals surface area (Å²) in [4.78, 5) is 0. The minimum Gasteiger partial charge on any atom is -0.0620 e.